The molecule has 1 amide bonds. The van der Waals surface area contributed by atoms with E-state index in [9.17, 15) is 4.79 Å². The molecule has 0 saturated heterocycles. The molecule has 0 unspecified atom stereocenters. The van der Waals surface area contributed by atoms with Gasteiger partial charge in [-0.1, -0.05) is 11.6 Å². The molecule has 0 bridgehead atoms. The molecule has 72 valence electrons. The Morgan fingerprint density at radius 3 is 3.07 bits per heavy atom. The Balaban J connectivity index is 2.56. The van der Waals surface area contributed by atoms with E-state index in [1.165, 1.54) is 10.7 Å². The molecular formula is C8H7ClN4O. The van der Waals surface area contributed by atoms with E-state index in [1.807, 2.05) is 0 Å². The van der Waals surface area contributed by atoms with E-state index >= 15 is 0 Å². The van der Waals surface area contributed by atoms with Gasteiger partial charge in [0.15, 0.2) is 5.65 Å². The van der Waals surface area contributed by atoms with Crippen LogP contribution in [0.3, 0.4) is 0 Å². The van der Waals surface area contributed by atoms with Gasteiger partial charge in [-0.25, -0.2) is 9.50 Å². The van der Waals surface area contributed by atoms with Gasteiger partial charge >= 0.3 is 0 Å². The Morgan fingerprint density at radius 2 is 2.36 bits per heavy atom. The Hall–Kier alpha value is -1.62. The molecule has 0 saturated carbocycles. The lowest BCUT2D eigenvalue weighted by Gasteiger charge is -1.90. The fourth-order valence-corrected chi connectivity index (χ4v) is 1.24. The highest BCUT2D eigenvalue weighted by molar-refractivity contribution is 6.29. The molecule has 0 spiro atoms. The van der Waals surface area contributed by atoms with E-state index in [-0.39, 0.29) is 5.91 Å². The highest BCUT2D eigenvalue weighted by Gasteiger charge is 2.08. The first-order valence-corrected chi connectivity index (χ1v) is 4.32. The van der Waals surface area contributed by atoms with Crippen LogP contribution in [0.25, 0.3) is 5.65 Å². The number of halogens is 1. The second-order valence-corrected chi connectivity index (χ2v) is 3.05. The second-order valence-electron chi connectivity index (χ2n) is 2.66. The van der Waals surface area contributed by atoms with Crippen LogP contribution in [0.1, 0.15) is 10.5 Å². The molecule has 0 aliphatic rings. The third kappa shape index (κ3) is 1.42. The topological polar surface area (TPSA) is 59.3 Å². The molecule has 0 fully saturated rings. The van der Waals surface area contributed by atoms with Crippen molar-refractivity contribution < 1.29 is 4.79 Å². The number of hydrogen-bond donors (Lipinski definition) is 1. The minimum atomic E-state index is -0.244. The SMILES string of the molecule is CNC(=O)c1cn2nc(Cl)ccc2n1. The zero-order chi connectivity index (χ0) is 10.1. The zero-order valence-electron chi connectivity index (χ0n) is 7.36. The monoisotopic (exact) mass is 210 g/mol. The fraction of sp³-hybridized carbons (Fsp3) is 0.125. The number of nitrogens with one attached hydrogen (secondary N) is 1. The molecule has 1 N–H and O–H groups in total. The highest BCUT2D eigenvalue weighted by Crippen LogP contribution is 2.07. The summed E-state index contributed by atoms with van der Waals surface area (Å²) in [5.41, 5.74) is 0.912. The Bertz CT molecular complexity index is 493. The Morgan fingerprint density at radius 1 is 1.57 bits per heavy atom. The van der Waals surface area contributed by atoms with E-state index in [0.29, 0.717) is 16.5 Å². The molecule has 0 aliphatic carbocycles. The summed E-state index contributed by atoms with van der Waals surface area (Å²) in [5.74, 6) is -0.244. The fourth-order valence-electron chi connectivity index (χ4n) is 1.10. The van der Waals surface area contributed by atoms with Crippen molar-refractivity contribution in [2.24, 2.45) is 0 Å². The number of aromatic nitrogens is 3. The maximum Gasteiger partial charge on any atom is 0.271 e. The van der Waals surface area contributed by atoms with Gasteiger partial charge in [-0.05, 0) is 12.1 Å². The van der Waals surface area contributed by atoms with Crippen LogP contribution < -0.4 is 5.32 Å². The summed E-state index contributed by atoms with van der Waals surface area (Å²) in [7, 11) is 1.55. The molecule has 0 radical (unpaired) electrons. The number of carbonyl (C=O) groups excluding carboxylic acids is 1. The van der Waals surface area contributed by atoms with E-state index in [1.54, 1.807) is 19.2 Å². The van der Waals surface area contributed by atoms with Crippen LogP contribution in [-0.4, -0.2) is 27.6 Å². The number of imidazole rings is 1. The molecule has 2 heterocycles. The molecule has 0 aromatic carbocycles. The molecule has 6 heteroatoms. The van der Waals surface area contributed by atoms with E-state index in [0.717, 1.165) is 0 Å². The van der Waals surface area contributed by atoms with Crippen molar-refractivity contribution in [1.82, 2.24) is 19.9 Å². The quantitative estimate of drug-likeness (QED) is 0.756. The van der Waals surface area contributed by atoms with Crippen LogP contribution in [0.5, 0.6) is 0 Å². The molecular weight excluding hydrogens is 204 g/mol. The summed E-state index contributed by atoms with van der Waals surface area (Å²) < 4.78 is 1.47. The maximum absolute atomic E-state index is 11.2. The predicted molar refractivity (Wildman–Crippen MR) is 51.4 cm³/mol. The summed E-state index contributed by atoms with van der Waals surface area (Å²) in [6.45, 7) is 0. The van der Waals surface area contributed by atoms with Gasteiger partial charge in [0.05, 0.1) is 6.20 Å². The largest absolute Gasteiger partial charge is 0.354 e. The van der Waals surface area contributed by atoms with Crippen molar-refractivity contribution in [1.29, 1.82) is 0 Å². The van der Waals surface area contributed by atoms with Crippen LogP contribution in [-0.2, 0) is 0 Å². The molecule has 5 nitrogen and oxygen atoms in total. The van der Waals surface area contributed by atoms with Crippen molar-refractivity contribution in [3.05, 3.63) is 29.2 Å². The average molecular weight is 211 g/mol. The van der Waals surface area contributed by atoms with Gasteiger partial charge in [-0.3, -0.25) is 4.79 Å². The lowest BCUT2D eigenvalue weighted by Crippen LogP contribution is -2.17. The zero-order valence-corrected chi connectivity index (χ0v) is 8.12. The molecule has 0 aliphatic heterocycles. The smallest absolute Gasteiger partial charge is 0.271 e. The van der Waals surface area contributed by atoms with Crippen LogP contribution in [0.4, 0.5) is 0 Å². The van der Waals surface area contributed by atoms with Crippen molar-refractivity contribution in [3.8, 4) is 0 Å². The van der Waals surface area contributed by atoms with Crippen LogP contribution >= 0.6 is 11.6 Å². The minimum absolute atomic E-state index is 0.244. The average Bonchev–Trinajstić information content (AvgIpc) is 2.59. The summed E-state index contributed by atoms with van der Waals surface area (Å²) in [6, 6.07) is 3.32. The Labute approximate surface area is 84.7 Å². The number of hydrogen-bond acceptors (Lipinski definition) is 3. The third-order valence-corrected chi connectivity index (χ3v) is 1.95. The Kier molecular flexibility index (Phi) is 2.09. The lowest BCUT2D eigenvalue weighted by molar-refractivity contribution is 0.0958. The summed E-state index contributed by atoms with van der Waals surface area (Å²) in [5, 5.41) is 6.79. The normalized spacial score (nSPS) is 10.4. The van der Waals surface area contributed by atoms with Crippen molar-refractivity contribution in [3.63, 3.8) is 0 Å². The van der Waals surface area contributed by atoms with Crippen LogP contribution in [0, 0.1) is 0 Å². The number of amides is 1. The lowest BCUT2D eigenvalue weighted by atomic mass is 10.4. The summed E-state index contributed by atoms with van der Waals surface area (Å²) >= 11 is 5.68. The van der Waals surface area contributed by atoms with Gasteiger partial charge in [-0.2, -0.15) is 5.10 Å². The van der Waals surface area contributed by atoms with Crippen LogP contribution in [0.15, 0.2) is 18.3 Å². The number of nitrogens with zero attached hydrogens (tertiary/aromatic N) is 3. The third-order valence-electron chi connectivity index (χ3n) is 1.75. The van der Waals surface area contributed by atoms with Gasteiger partial charge in [0.1, 0.15) is 10.8 Å². The van der Waals surface area contributed by atoms with Gasteiger partial charge < -0.3 is 5.32 Å². The summed E-state index contributed by atoms with van der Waals surface area (Å²) in [6.07, 6.45) is 1.53. The number of carbonyl (C=O) groups is 1. The maximum atomic E-state index is 11.2. The number of rotatable bonds is 1. The first-order valence-electron chi connectivity index (χ1n) is 3.95. The molecule has 2 rings (SSSR count). The summed E-state index contributed by atoms with van der Waals surface area (Å²) in [4.78, 5) is 15.3. The standard InChI is InChI=1S/C8H7ClN4O/c1-10-8(14)5-4-13-7(11-5)3-2-6(9)12-13/h2-4H,1H3,(H,10,14). The minimum Gasteiger partial charge on any atom is -0.354 e. The van der Waals surface area contributed by atoms with Gasteiger partial charge in [-0.15, -0.1) is 0 Å². The first kappa shape index (κ1) is 8.96. The van der Waals surface area contributed by atoms with Gasteiger partial charge in [0.25, 0.3) is 5.91 Å². The highest BCUT2D eigenvalue weighted by atomic mass is 35.5. The van der Waals surface area contributed by atoms with E-state index < -0.39 is 0 Å². The molecule has 2 aromatic heterocycles. The number of fused-ring (bicyclic) bond motifs is 1. The van der Waals surface area contributed by atoms with Crippen molar-refractivity contribution in [2.75, 3.05) is 7.05 Å². The molecule has 0 atom stereocenters. The predicted octanol–water partition coefficient (Wildman–Crippen LogP) is 0.742. The van der Waals surface area contributed by atoms with Crippen molar-refractivity contribution in [2.45, 2.75) is 0 Å². The first-order chi connectivity index (χ1) is 6.70. The molecule has 14 heavy (non-hydrogen) atoms. The van der Waals surface area contributed by atoms with Crippen LogP contribution in [0.2, 0.25) is 5.15 Å². The van der Waals surface area contributed by atoms with Crippen molar-refractivity contribution >= 4 is 23.2 Å². The second kappa shape index (κ2) is 3.26. The van der Waals surface area contributed by atoms with E-state index in [4.69, 9.17) is 11.6 Å². The molecule has 2 aromatic rings. The van der Waals surface area contributed by atoms with E-state index in [2.05, 4.69) is 15.4 Å². The van der Waals surface area contributed by atoms with Gasteiger partial charge in [0, 0.05) is 7.05 Å². The van der Waals surface area contributed by atoms with Gasteiger partial charge in [0.2, 0.25) is 0 Å².